The van der Waals surface area contributed by atoms with Crippen molar-refractivity contribution in [3.05, 3.63) is 0 Å². The SMILES string of the molecule is CCOC(=O)C1(NC(C)C)CCCC(C(C)C)C1. The van der Waals surface area contributed by atoms with Crippen molar-refractivity contribution in [3.63, 3.8) is 0 Å². The van der Waals surface area contributed by atoms with Gasteiger partial charge in [0, 0.05) is 6.04 Å². The molecule has 0 aliphatic heterocycles. The number of hydrogen-bond acceptors (Lipinski definition) is 3. The molecule has 3 heteroatoms. The molecule has 18 heavy (non-hydrogen) atoms. The predicted octanol–water partition coefficient (Wildman–Crippen LogP) is 3.13. The second-order valence-electron chi connectivity index (χ2n) is 6.20. The molecule has 0 saturated heterocycles. The number of esters is 1. The molecule has 0 radical (unpaired) electrons. The summed E-state index contributed by atoms with van der Waals surface area (Å²) in [5.74, 6) is 1.20. The molecule has 1 aliphatic rings. The van der Waals surface area contributed by atoms with Crippen molar-refractivity contribution in [1.82, 2.24) is 5.32 Å². The number of nitrogens with one attached hydrogen (secondary N) is 1. The van der Waals surface area contributed by atoms with Gasteiger partial charge < -0.3 is 4.74 Å². The highest BCUT2D eigenvalue weighted by Crippen LogP contribution is 2.37. The normalized spacial score (nSPS) is 28.7. The first-order valence-corrected chi connectivity index (χ1v) is 7.36. The van der Waals surface area contributed by atoms with Crippen molar-refractivity contribution in [2.24, 2.45) is 11.8 Å². The Bertz CT molecular complexity index is 276. The Kier molecular flexibility index (Phi) is 5.64. The van der Waals surface area contributed by atoms with Crippen LogP contribution in [0, 0.1) is 11.8 Å². The largest absolute Gasteiger partial charge is 0.465 e. The van der Waals surface area contributed by atoms with Crippen LogP contribution in [0.1, 0.15) is 60.3 Å². The summed E-state index contributed by atoms with van der Waals surface area (Å²) >= 11 is 0. The maximum absolute atomic E-state index is 12.3. The lowest BCUT2D eigenvalue weighted by Crippen LogP contribution is -2.58. The van der Waals surface area contributed by atoms with Crippen molar-refractivity contribution < 1.29 is 9.53 Å². The molecule has 0 amide bonds. The Morgan fingerprint density at radius 2 is 2.06 bits per heavy atom. The van der Waals surface area contributed by atoms with Crippen LogP contribution in [0.25, 0.3) is 0 Å². The molecule has 1 aliphatic carbocycles. The molecule has 0 heterocycles. The van der Waals surface area contributed by atoms with Crippen molar-refractivity contribution in [2.45, 2.75) is 71.9 Å². The molecule has 0 aromatic heterocycles. The molecule has 106 valence electrons. The highest BCUT2D eigenvalue weighted by molar-refractivity contribution is 5.81. The van der Waals surface area contributed by atoms with E-state index in [0.29, 0.717) is 24.5 Å². The third-order valence-corrected chi connectivity index (χ3v) is 3.96. The summed E-state index contributed by atoms with van der Waals surface area (Å²) in [5.41, 5.74) is -0.447. The fourth-order valence-corrected chi connectivity index (χ4v) is 3.08. The summed E-state index contributed by atoms with van der Waals surface area (Å²) in [6.45, 7) is 11.0. The van der Waals surface area contributed by atoms with E-state index in [2.05, 4.69) is 33.0 Å². The predicted molar refractivity (Wildman–Crippen MR) is 74.4 cm³/mol. The van der Waals surface area contributed by atoms with Crippen molar-refractivity contribution >= 4 is 5.97 Å². The zero-order valence-electron chi connectivity index (χ0n) is 12.6. The van der Waals surface area contributed by atoms with E-state index in [1.807, 2.05) is 6.92 Å². The third-order valence-electron chi connectivity index (χ3n) is 3.96. The van der Waals surface area contributed by atoms with Crippen molar-refractivity contribution in [1.29, 1.82) is 0 Å². The fraction of sp³-hybridized carbons (Fsp3) is 0.933. The molecule has 3 nitrogen and oxygen atoms in total. The maximum Gasteiger partial charge on any atom is 0.326 e. The minimum absolute atomic E-state index is 0.0518. The van der Waals surface area contributed by atoms with Crippen molar-refractivity contribution in [3.8, 4) is 0 Å². The monoisotopic (exact) mass is 255 g/mol. The van der Waals surface area contributed by atoms with E-state index in [0.717, 1.165) is 19.3 Å². The van der Waals surface area contributed by atoms with Crippen LogP contribution in [0.3, 0.4) is 0 Å². The van der Waals surface area contributed by atoms with E-state index < -0.39 is 5.54 Å². The zero-order valence-corrected chi connectivity index (χ0v) is 12.6. The summed E-state index contributed by atoms with van der Waals surface area (Å²) in [6, 6.07) is 0.306. The topological polar surface area (TPSA) is 38.3 Å². The van der Waals surface area contributed by atoms with Crippen LogP contribution in [0.15, 0.2) is 0 Å². The third kappa shape index (κ3) is 3.71. The average Bonchev–Trinajstić information content (AvgIpc) is 2.28. The Hall–Kier alpha value is -0.570. The molecule has 0 aromatic carbocycles. The van der Waals surface area contributed by atoms with Gasteiger partial charge in [-0.2, -0.15) is 0 Å². The van der Waals surface area contributed by atoms with Crippen LogP contribution < -0.4 is 5.32 Å². The lowest BCUT2D eigenvalue weighted by Gasteiger charge is -2.42. The maximum atomic E-state index is 12.3. The first-order chi connectivity index (χ1) is 8.41. The van der Waals surface area contributed by atoms with E-state index in [4.69, 9.17) is 4.74 Å². The van der Waals surface area contributed by atoms with E-state index >= 15 is 0 Å². The van der Waals surface area contributed by atoms with Gasteiger partial charge >= 0.3 is 5.97 Å². The van der Waals surface area contributed by atoms with Gasteiger partial charge in [-0.25, -0.2) is 0 Å². The average molecular weight is 255 g/mol. The van der Waals surface area contributed by atoms with E-state index in [1.165, 1.54) is 6.42 Å². The lowest BCUT2D eigenvalue weighted by molar-refractivity contribution is -0.154. The summed E-state index contributed by atoms with van der Waals surface area (Å²) in [5, 5.41) is 3.49. The van der Waals surface area contributed by atoms with Gasteiger partial charge in [0.05, 0.1) is 6.61 Å². The summed E-state index contributed by atoms with van der Waals surface area (Å²) in [7, 11) is 0. The number of rotatable bonds is 5. The molecular formula is C15H29NO2. The Morgan fingerprint density at radius 1 is 1.39 bits per heavy atom. The first kappa shape index (κ1) is 15.5. The Morgan fingerprint density at radius 3 is 2.56 bits per heavy atom. The Balaban J connectivity index is 2.85. The van der Waals surface area contributed by atoms with Gasteiger partial charge in [0.25, 0.3) is 0 Å². The van der Waals surface area contributed by atoms with Gasteiger partial charge in [-0.05, 0) is 45.4 Å². The molecule has 1 saturated carbocycles. The molecule has 1 rings (SSSR count). The molecule has 0 bridgehead atoms. The summed E-state index contributed by atoms with van der Waals surface area (Å²) in [6.07, 6.45) is 4.18. The van der Waals surface area contributed by atoms with Crippen LogP contribution in [0.4, 0.5) is 0 Å². The molecule has 2 unspecified atom stereocenters. The second kappa shape index (κ2) is 6.55. The quantitative estimate of drug-likeness (QED) is 0.767. The van der Waals surface area contributed by atoms with Crippen molar-refractivity contribution in [2.75, 3.05) is 6.61 Å². The van der Waals surface area contributed by atoms with E-state index in [1.54, 1.807) is 0 Å². The Labute approximate surface area is 112 Å². The standard InChI is InChI=1S/C15H29NO2/c1-6-18-14(17)15(16-12(4)5)9-7-8-13(10-15)11(2)3/h11-13,16H,6-10H2,1-5H3. The fourth-order valence-electron chi connectivity index (χ4n) is 3.08. The molecule has 1 fully saturated rings. The van der Waals surface area contributed by atoms with Crippen LogP contribution in [0.2, 0.25) is 0 Å². The van der Waals surface area contributed by atoms with Crippen LogP contribution in [-0.4, -0.2) is 24.2 Å². The summed E-state index contributed by atoms with van der Waals surface area (Å²) in [4.78, 5) is 12.3. The highest BCUT2D eigenvalue weighted by atomic mass is 16.5. The highest BCUT2D eigenvalue weighted by Gasteiger charge is 2.44. The minimum atomic E-state index is -0.447. The number of carbonyl (C=O) groups excluding carboxylic acids is 1. The molecule has 1 N–H and O–H groups in total. The van der Waals surface area contributed by atoms with E-state index in [9.17, 15) is 4.79 Å². The van der Waals surface area contributed by atoms with Gasteiger partial charge in [0.1, 0.15) is 5.54 Å². The molecular weight excluding hydrogens is 226 g/mol. The molecule has 0 spiro atoms. The van der Waals surface area contributed by atoms with Crippen LogP contribution >= 0.6 is 0 Å². The smallest absolute Gasteiger partial charge is 0.326 e. The van der Waals surface area contributed by atoms with E-state index in [-0.39, 0.29) is 5.97 Å². The zero-order chi connectivity index (χ0) is 13.8. The van der Waals surface area contributed by atoms with Gasteiger partial charge in [-0.3, -0.25) is 10.1 Å². The second-order valence-corrected chi connectivity index (χ2v) is 6.20. The molecule has 0 aromatic rings. The lowest BCUT2D eigenvalue weighted by atomic mass is 9.71. The molecule has 2 atom stereocenters. The van der Waals surface area contributed by atoms with Gasteiger partial charge in [-0.1, -0.05) is 26.7 Å². The number of hydrogen-bond donors (Lipinski definition) is 1. The number of carbonyl (C=O) groups is 1. The van der Waals surface area contributed by atoms with Crippen LogP contribution in [-0.2, 0) is 9.53 Å². The number of ether oxygens (including phenoxy) is 1. The summed E-state index contributed by atoms with van der Waals surface area (Å²) < 4.78 is 5.31. The first-order valence-electron chi connectivity index (χ1n) is 7.36. The van der Waals surface area contributed by atoms with Gasteiger partial charge in [0.15, 0.2) is 0 Å². The minimum Gasteiger partial charge on any atom is -0.465 e. The van der Waals surface area contributed by atoms with Gasteiger partial charge in [-0.15, -0.1) is 0 Å². The van der Waals surface area contributed by atoms with Gasteiger partial charge in [0.2, 0.25) is 0 Å². The van der Waals surface area contributed by atoms with Crippen LogP contribution in [0.5, 0.6) is 0 Å².